The van der Waals surface area contributed by atoms with E-state index in [2.05, 4.69) is 31.9 Å². The Morgan fingerprint density at radius 3 is 2.38 bits per heavy atom. The minimum atomic E-state index is -0.151. The lowest BCUT2D eigenvalue weighted by Crippen LogP contribution is -2.43. The molecule has 3 rings (SSSR count). The van der Waals surface area contributed by atoms with Gasteiger partial charge in [-0.25, -0.2) is 0 Å². The van der Waals surface area contributed by atoms with Gasteiger partial charge in [-0.05, 0) is 36.5 Å². The maximum atomic E-state index is 12.6. The Hall–Kier alpha value is -0.680. The van der Waals surface area contributed by atoms with Crippen molar-refractivity contribution in [1.82, 2.24) is 4.90 Å². The van der Waals surface area contributed by atoms with Gasteiger partial charge in [-0.2, -0.15) is 0 Å². The molecule has 0 N–H and O–H groups in total. The predicted octanol–water partition coefficient (Wildman–Crippen LogP) is 4.39. The summed E-state index contributed by atoms with van der Waals surface area (Å²) in [6.45, 7) is 0.530. The van der Waals surface area contributed by atoms with E-state index in [-0.39, 0.29) is 17.2 Å². The molecular formula is C16H17Br2NO2. The summed E-state index contributed by atoms with van der Waals surface area (Å²) in [5, 5.41) is 0.844. The number of hydrogen-bond donors (Lipinski definition) is 0. The Balaban J connectivity index is 1.87. The summed E-state index contributed by atoms with van der Waals surface area (Å²) < 4.78 is 0.831. The average molecular weight is 415 g/mol. The van der Waals surface area contributed by atoms with Crippen molar-refractivity contribution >= 4 is 43.7 Å². The fourth-order valence-corrected chi connectivity index (χ4v) is 4.48. The molecule has 0 bridgehead atoms. The lowest BCUT2D eigenvalue weighted by atomic mass is 9.75. The molecule has 3 nitrogen and oxygen atoms in total. The first-order chi connectivity index (χ1) is 10.1. The van der Waals surface area contributed by atoms with Crippen molar-refractivity contribution in [3.63, 3.8) is 0 Å². The smallest absolute Gasteiger partial charge is 0.261 e. The Bertz CT molecular complexity index is 594. The van der Waals surface area contributed by atoms with Crippen molar-refractivity contribution in [1.29, 1.82) is 0 Å². The summed E-state index contributed by atoms with van der Waals surface area (Å²) in [6, 6.07) is 5.30. The van der Waals surface area contributed by atoms with Crippen LogP contribution in [0.15, 0.2) is 22.7 Å². The zero-order chi connectivity index (χ0) is 15.0. The van der Waals surface area contributed by atoms with Crippen LogP contribution in [0.4, 0.5) is 0 Å². The molecule has 1 aliphatic heterocycles. The highest BCUT2D eigenvalue weighted by Crippen LogP contribution is 2.40. The van der Waals surface area contributed by atoms with Gasteiger partial charge in [0.05, 0.1) is 11.1 Å². The molecule has 0 unspecified atom stereocenters. The van der Waals surface area contributed by atoms with Crippen LogP contribution in [0.3, 0.4) is 0 Å². The highest BCUT2D eigenvalue weighted by Gasteiger charge is 2.41. The van der Waals surface area contributed by atoms with Crippen molar-refractivity contribution in [2.75, 3.05) is 11.9 Å². The zero-order valence-electron chi connectivity index (χ0n) is 11.7. The molecule has 1 heterocycles. The lowest BCUT2D eigenvalue weighted by molar-refractivity contribution is 0.0547. The van der Waals surface area contributed by atoms with Crippen LogP contribution in [0.5, 0.6) is 0 Å². The molecule has 0 radical (unpaired) electrons. The molecule has 0 spiro atoms. The molecule has 0 aromatic heterocycles. The number of carbonyl (C=O) groups excluding carboxylic acids is 2. The normalized spacial score (nSPS) is 20.8. The van der Waals surface area contributed by atoms with Gasteiger partial charge in [0.15, 0.2) is 0 Å². The Morgan fingerprint density at radius 1 is 1.05 bits per heavy atom. The van der Waals surface area contributed by atoms with Crippen molar-refractivity contribution in [2.45, 2.75) is 32.1 Å². The van der Waals surface area contributed by atoms with Gasteiger partial charge in [0, 0.05) is 16.3 Å². The number of amides is 2. The van der Waals surface area contributed by atoms with Gasteiger partial charge in [-0.3, -0.25) is 14.5 Å². The molecule has 1 fully saturated rings. The number of imide groups is 1. The van der Waals surface area contributed by atoms with Gasteiger partial charge in [-0.1, -0.05) is 51.1 Å². The molecule has 0 atom stereocenters. The summed E-state index contributed by atoms with van der Waals surface area (Å²) in [4.78, 5) is 26.5. The van der Waals surface area contributed by atoms with E-state index < -0.39 is 0 Å². The molecule has 1 aromatic rings. The third-order valence-electron chi connectivity index (χ3n) is 4.62. The van der Waals surface area contributed by atoms with E-state index in [1.165, 1.54) is 24.2 Å². The maximum Gasteiger partial charge on any atom is 0.261 e. The van der Waals surface area contributed by atoms with Crippen molar-refractivity contribution in [2.24, 2.45) is 5.41 Å². The number of nitrogens with zero attached hydrogens (tertiary/aromatic N) is 1. The van der Waals surface area contributed by atoms with E-state index >= 15 is 0 Å². The van der Waals surface area contributed by atoms with Gasteiger partial charge in [-0.15, -0.1) is 0 Å². The average Bonchev–Trinajstić information content (AvgIpc) is 2.73. The van der Waals surface area contributed by atoms with Crippen LogP contribution >= 0.6 is 31.9 Å². The standard InChI is InChI=1S/C16H17Br2NO2/c17-9-16(6-2-1-3-7-16)10-19-14(20)12-5-4-11(18)8-13(12)15(19)21/h4-5,8H,1-3,6-7,9-10H2. The number of fused-ring (bicyclic) bond motifs is 1. The van der Waals surface area contributed by atoms with Crippen LogP contribution in [0.25, 0.3) is 0 Å². The Morgan fingerprint density at radius 2 is 1.71 bits per heavy atom. The molecule has 112 valence electrons. The van der Waals surface area contributed by atoms with Crippen LogP contribution in [0, 0.1) is 5.41 Å². The molecule has 5 heteroatoms. The highest BCUT2D eigenvalue weighted by atomic mass is 79.9. The topological polar surface area (TPSA) is 37.4 Å². The second-order valence-corrected chi connectivity index (χ2v) is 7.56. The lowest BCUT2D eigenvalue weighted by Gasteiger charge is -2.38. The van der Waals surface area contributed by atoms with Crippen LogP contribution < -0.4 is 0 Å². The van der Waals surface area contributed by atoms with Crippen molar-refractivity contribution in [3.8, 4) is 0 Å². The number of carbonyl (C=O) groups is 2. The summed E-state index contributed by atoms with van der Waals surface area (Å²) in [5.74, 6) is -0.296. The highest BCUT2D eigenvalue weighted by molar-refractivity contribution is 9.10. The SMILES string of the molecule is O=C1c2ccc(Br)cc2C(=O)N1CC1(CBr)CCCCC1. The largest absolute Gasteiger partial charge is 0.274 e. The summed E-state index contributed by atoms with van der Waals surface area (Å²) in [6.07, 6.45) is 5.77. The third-order valence-corrected chi connectivity index (χ3v) is 6.31. The van der Waals surface area contributed by atoms with Gasteiger partial charge in [0.25, 0.3) is 11.8 Å². The first-order valence-electron chi connectivity index (χ1n) is 7.28. The predicted molar refractivity (Wildman–Crippen MR) is 88.8 cm³/mol. The van der Waals surface area contributed by atoms with Crippen LogP contribution in [-0.2, 0) is 0 Å². The summed E-state index contributed by atoms with van der Waals surface area (Å²) in [7, 11) is 0. The molecule has 0 saturated heterocycles. The molecule has 2 aliphatic rings. The quantitative estimate of drug-likeness (QED) is 0.543. The molecule has 21 heavy (non-hydrogen) atoms. The molecule has 1 saturated carbocycles. The van der Waals surface area contributed by atoms with Gasteiger partial charge < -0.3 is 0 Å². The van der Waals surface area contributed by atoms with Crippen LogP contribution in [-0.4, -0.2) is 28.6 Å². The van der Waals surface area contributed by atoms with Crippen molar-refractivity contribution in [3.05, 3.63) is 33.8 Å². The van der Waals surface area contributed by atoms with E-state index in [0.717, 1.165) is 22.6 Å². The van der Waals surface area contributed by atoms with E-state index in [1.807, 2.05) is 6.07 Å². The zero-order valence-corrected chi connectivity index (χ0v) is 14.9. The van der Waals surface area contributed by atoms with E-state index in [9.17, 15) is 9.59 Å². The molecule has 1 aliphatic carbocycles. The minimum Gasteiger partial charge on any atom is -0.274 e. The molecule has 1 aromatic carbocycles. The van der Waals surface area contributed by atoms with Crippen LogP contribution in [0.2, 0.25) is 0 Å². The number of rotatable bonds is 3. The van der Waals surface area contributed by atoms with E-state index in [4.69, 9.17) is 0 Å². The van der Waals surface area contributed by atoms with Crippen molar-refractivity contribution < 1.29 is 9.59 Å². The first kappa shape index (κ1) is 15.2. The van der Waals surface area contributed by atoms with Gasteiger partial charge in [0.2, 0.25) is 0 Å². The van der Waals surface area contributed by atoms with E-state index in [1.54, 1.807) is 12.1 Å². The number of alkyl halides is 1. The number of hydrogen-bond acceptors (Lipinski definition) is 2. The second-order valence-electron chi connectivity index (χ2n) is 6.08. The fraction of sp³-hybridized carbons (Fsp3) is 0.500. The van der Waals surface area contributed by atoms with Gasteiger partial charge in [0.1, 0.15) is 0 Å². The Kier molecular flexibility index (Phi) is 4.23. The third kappa shape index (κ3) is 2.70. The minimum absolute atomic E-state index is 0.0445. The second kappa shape index (κ2) is 5.84. The van der Waals surface area contributed by atoms with E-state index in [0.29, 0.717) is 17.7 Å². The fourth-order valence-electron chi connectivity index (χ4n) is 3.38. The maximum absolute atomic E-state index is 12.6. The van der Waals surface area contributed by atoms with Gasteiger partial charge >= 0.3 is 0 Å². The molecule has 2 amide bonds. The van der Waals surface area contributed by atoms with Crippen LogP contribution in [0.1, 0.15) is 52.8 Å². The molecular weight excluding hydrogens is 398 g/mol. The summed E-state index contributed by atoms with van der Waals surface area (Å²) >= 11 is 6.97. The number of benzene rings is 1. The Labute approximate surface area is 141 Å². The monoisotopic (exact) mass is 413 g/mol. The summed E-state index contributed by atoms with van der Waals surface area (Å²) in [5.41, 5.74) is 1.10. The number of halogens is 2. The first-order valence-corrected chi connectivity index (χ1v) is 9.19.